The maximum absolute atomic E-state index is 12.5. The van der Waals surface area contributed by atoms with E-state index in [1.165, 1.54) is 26.4 Å². The Morgan fingerprint density at radius 1 is 0.885 bits per heavy atom. The smallest absolute Gasteiger partial charge is 0.244 e. The highest BCUT2D eigenvalue weighted by molar-refractivity contribution is 7.89. The first-order valence-electron chi connectivity index (χ1n) is 7.90. The highest BCUT2D eigenvalue weighted by Gasteiger charge is 2.19. The van der Waals surface area contributed by atoms with Gasteiger partial charge >= 0.3 is 0 Å². The highest BCUT2D eigenvalue weighted by Crippen LogP contribution is 2.29. The summed E-state index contributed by atoms with van der Waals surface area (Å²) in [5.74, 6) is 1.87. The van der Waals surface area contributed by atoms with Gasteiger partial charge in [-0.2, -0.15) is 0 Å². The monoisotopic (exact) mass is 381 g/mol. The fourth-order valence-electron chi connectivity index (χ4n) is 2.31. The predicted octanol–water partition coefficient (Wildman–Crippen LogP) is 2.38. The van der Waals surface area contributed by atoms with Crippen LogP contribution in [0.25, 0.3) is 0 Å². The standard InChI is InChI=1S/C18H23NO6S/c1-13-5-7-15(16(11-13)23-3)25-10-9-19-26(20,21)18-8-6-14(22-2)12-17(18)24-4/h5-8,11-12,19H,9-10H2,1-4H3. The summed E-state index contributed by atoms with van der Waals surface area (Å²) in [6.07, 6.45) is 0. The first kappa shape index (κ1) is 19.9. The number of benzene rings is 2. The molecule has 0 bridgehead atoms. The molecule has 142 valence electrons. The van der Waals surface area contributed by atoms with Crippen LogP contribution >= 0.6 is 0 Å². The number of nitrogens with one attached hydrogen (secondary N) is 1. The lowest BCUT2D eigenvalue weighted by molar-refractivity contribution is 0.298. The summed E-state index contributed by atoms with van der Waals surface area (Å²) in [5, 5.41) is 0. The molecule has 0 aliphatic heterocycles. The molecule has 2 aromatic carbocycles. The van der Waals surface area contributed by atoms with Crippen LogP contribution in [0.5, 0.6) is 23.0 Å². The van der Waals surface area contributed by atoms with Gasteiger partial charge in [-0.15, -0.1) is 0 Å². The molecule has 0 aliphatic carbocycles. The number of hydrogen-bond acceptors (Lipinski definition) is 6. The molecule has 8 heteroatoms. The van der Waals surface area contributed by atoms with Crippen LogP contribution in [0.4, 0.5) is 0 Å². The molecule has 0 heterocycles. The average molecular weight is 381 g/mol. The minimum atomic E-state index is -3.75. The molecular formula is C18H23NO6S. The second-order valence-electron chi connectivity index (χ2n) is 5.42. The predicted molar refractivity (Wildman–Crippen MR) is 98.0 cm³/mol. The highest BCUT2D eigenvalue weighted by atomic mass is 32.2. The maximum Gasteiger partial charge on any atom is 0.244 e. The lowest BCUT2D eigenvalue weighted by Gasteiger charge is -2.13. The van der Waals surface area contributed by atoms with Crippen molar-refractivity contribution in [2.75, 3.05) is 34.5 Å². The van der Waals surface area contributed by atoms with Gasteiger partial charge in [0.05, 0.1) is 21.3 Å². The lowest BCUT2D eigenvalue weighted by Crippen LogP contribution is -2.28. The Bertz CT molecular complexity index is 851. The van der Waals surface area contributed by atoms with E-state index in [1.807, 2.05) is 19.1 Å². The molecule has 0 saturated heterocycles. The molecule has 0 saturated carbocycles. The molecule has 0 amide bonds. The molecule has 0 aromatic heterocycles. The molecule has 0 aliphatic rings. The molecule has 0 fully saturated rings. The van der Waals surface area contributed by atoms with E-state index in [9.17, 15) is 8.42 Å². The SMILES string of the molecule is COc1ccc(S(=O)(=O)NCCOc2ccc(C)cc2OC)c(OC)c1. The molecule has 2 rings (SSSR count). The molecule has 0 atom stereocenters. The van der Waals surface area contributed by atoms with E-state index in [2.05, 4.69) is 4.72 Å². The van der Waals surface area contributed by atoms with Crippen LogP contribution in [-0.2, 0) is 10.0 Å². The summed E-state index contributed by atoms with van der Waals surface area (Å²) in [7, 11) is 0.710. The van der Waals surface area contributed by atoms with Gasteiger partial charge in [0.2, 0.25) is 10.0 Å². The van der Waals surface area contributed by atoms with Crippen LogP contribution in [0.2, 0.25) is 0 Å². The van der Waals surface area contributed by atoms with Gasteiger partial charge in [0, 0.05) is 12.6 Å². The van der Waals surface area contributed by atoms with Crippen molar-refractivity contribution in [3.05, 3.63) is 42.0 Å². The second-order valence-corrected chi connectivity index (χ2v) is 7.15. The van der Waals surface area contributed by atoms with Gasteiger partial charge in [0.1, 0.15) is 23.0 Å². The van der Waals surface area contributed by atoms with Crippen molar-refractivity contribution in [2.45, 2.75) is 11.8 Å². The largest absolute Gasteiger partial charge is 0.497 e. The summed E-state index contributed by atoms with van der Waals surface area (Å²) in [6, 6.07) is 10.0. The Hall–Kier alpha value is -2.45. The van der Waals surface area contributed by atoms with Crippen molar-refractivity contribution < 1.29 is 27.4 Å². The molecule has 7 nitrogen and oxygen atoms in total. The van der Waals surface area contributed by atoms with E-state index in [0.717, 1.165) is 5.56 Å². The number of hydrogen-bond donors (Lipinski definition) is 1. The number of aryl methyl sites for hydroxylation is 1. The first-order chi connectivity index (χ1) is 12.4. The van der Waals surface area contributed by atoms with Gasteiger partial charge in [-0.05, 0) is 36.8 Å². The van der Waals surface area contributed by atoms with Gasteiger partial charge in [-0.3, -0.25) is 0 Å². The fourth-order valence-corrected chi connectivity index (χ4v) is 3.47. The number of sulfonamides is 1. The minimum absolute atomic E-state index is 0.0358. The van der Waals surface area contributed by atoms with E-state index < -0.39 is 10.0 Å². The summed E-state index contributed by atoms with van der Waals surface area (Å²) in [4.78, 5) is 0.0358. The fraction of sp³-hybridized carbons (Fsp3) is 0.333. The third-order valence-corrected chi connectivity index (χ3v) is 5.13. The van der Waals surface area contributed by atoms with E-state index in [0.29, 0.717) is 17.2 Å². The number of ether oxygens (including phenoxy) is 4. The third-order valence-electron chi connectivity index (χ3n) is 3.63. The average Bonchev–Trinajstić information content (AvgIpc) is 2.65. The van der Waals surface area contributed by atoms with Gasteiger partial charge in [0.15, 0.2) is 11.5 Å². The zero-order valence-corrected chi connectivity index (χ0v) is 16.1. The summed E-state index contributed by atoms with van der Waals surface area (Å²) in [6.45, 7) is 2.19. The van der Waals surface area contributed by atoms with Crippen molar-refractivity contribution >= 4 is 10.0 Å². The van der Waals surface area contributed by atoms with Gasteiger partial charge in [-0.25, -0.2) is 13.1 Å². The van der Waals surface area contributed by atoms with Crippen molar-refractivity contribution in [3.63, 3.8) is 0 Å². The van der Waals surface area contributed by atoms with Gasteiger partial charge < -0.3 is 18.9 Å². The molecule has 26 heavy (non-hydrogen) atoms. The Kier molecular flexibility index (Phi) is 6.70. The second kappa shape index (κ2) is 8.77. The number of rotatable bonds is 9. The zero-order valence-electron chi connectivity index (χ0n) is 15.2. The minimum Gasteiger partial charge on any atom is -0.497 e. The van der Waals surface area contributed by atoms with Crippen molar-refractivity contribution in [1.82, 2.24) is 4.72 Å². The van der Waals surface area contributed by atoms with E-state index in [-0.39, 0.29) is 23.8 Å². The van der Waals surface area contributed by atoms with Crippen molar-refractivity contribution in [2.24, 2.45) is 0 Å². The maximum atomic E-state index is 12.5. The van der Waals surface area contributed by atoms with E-state index in [1.54, 1.807) is 19.2 Å². The normalized spacial score (nSPS) is 11.1. The molecular weight excluding hydrogens is 358 g/mol. The summed E-state index contributed by atoms with van der Waals surface area (Å²) in [5.41, 5.74) is 1.04. The van der Waals surface area contributed by atoms with Crippen LogP contribution in [0.3, 0.4) is 0 Å². The Labute approximate surface area is 153 Å². The molecule has 2 aromatic rings. The van der Waals surface area contributed by atoms with E-state index in [4.69, 9.17) is 18.9 Å². The van der Waals surface area contributed by atoms with Crippen LogP contribution < -0.4 is 23.7 Å². The number of methoxy groups -OCH3 is 3. The Morgan fingerprint density at radius 3 is 2.27 bits per heavy atom. The van der Waals surface area contributed by atoms with Crippen molar-refractivity contribution in [1.29, 1.82) is 0 Å². The summed E-state index contributed by atoms with van der Waals surface area (Å²) >= 11 is 0. The molecule has 1 N–H and O–H groups in total. The van der Waals surface area contributed by atoms with Crippen LogP contribution in [0, 0.1) is 6.92 Å². The van der Waals surface area contributed by atoms with Crippen molar-refractivity contribution in [3.8, 4) is 23.0 Å². The topological polar surface area (TPSA) is 83.1 Å². The molecule has 0 spiro atoms. The van der Waals surface area contributed by atoms with Gasteiger partial charge in [0.25, 0.3) is 0 Å². The van der Waals surface area contributed by atoms with E-state index >= 15 is 0 Å². The molecule has 0 radical (unpaired) electrons. The van der Waals surface area contributed by atoms with Gasteiger partial charge in [-0.1, -0.05) is 6.07 Å². The van der Waals surface area contributed by atoms with Crippen LogP contribution in [0.1, 0.15) is 5.56 Å². The van der Waals surface area contributed by atoms with Crippen LogP contribution in [-0.4, -0.2) is 42.9 Å². The zero-order chi connectivity index (χ0) is 19.2. The summed E-state index contributed by atoms with van der Waals surface area (Å²) < 4.78 is 48.5. The lowest BCUT2D eigenvalue weighted by atomic mass is 10.2. The Balaban J connectivity index is 2.01. The Morgan fingerprint density at radius 2 is 1.62 bits per heavy atom. The first-order valence-corrected chi connectivity index (χ1v) is 9.38. The third kappa shape index (κ3) is 4.80. The van der Waals surface area contributed by atoms with Crippen LogP contribution in [0.15, 0.2) is 41.3 Å². The molecule has 0 unspecified atom stereocenters. The quantitative estimate of drug-likeness (QED) is 0.672.